The number of rotatable bonds is 6. The molecular weight excluding hydrogens is 461 g/mol. The van der Waals surface area contributed by atoms with Crippen LogP contribution in [0.25, 0.3) is 32.1 Å². The van der Waals surface area contributed by atoms with E-state index in [4.69, 9.17) is 16.3 Å². The van der Waals surface area contributed by atoms with Gasteiger partial charge in [-0.15, -0.1) is 11.3 Å². The fourth-order valence-electron chi connectivity index (χ4n) is 4.18. The van der Waals surface area contributed by atoms with Crippen molar-refractivity contribution in [3.8, 4) is 11.1 Å². The minimum Gasteiger partial charge on any atom is -0.379 e. The first-order chi connectivity index (χ1) is 16.1. The number of amides is 1. The second-order valence-corrected chi connectivity index (χ2v) is 9.50. The minimum absolute atomic E-state index is 0.132. The number of benzene rings is 2. The highest BCUT2D eigenvalue weighted by Gasteiger charge is 2.22. The molecule has 0 unspecified atom stereocenters. The first-order valence-corrected chi connectivity index (χ1v) is 12.1. The van der Waals surface area contributed by atoms with Crippen molar-refractivity contribution in [2.75, 3.05) is 39.4 Å². The van der Waals surface area contributed by atoms with E-state index in [-0.39, 0.29) is 11.7 Å². The van der Waals surface area contributed by atoms with Gasteiger partial charge in [-0.2, -0.15) is 0 Å². The minimum atomic E-state index is -0.317. The molecule has 4 aromatic rings. The number of aromatic nitrogens is 1. The van der Waals surface area contributed by atoms with Crippen LogP contribution in [0.2, 0.25) is 5.02 Å². The van der Waals surface area contributed by atoms with E-state index in [0.717, 1.165) is 71.4 Å². The fourth-order valence-corrected chi connectivity index (χ4v) is 5.59. The summed E-state index contributed by atoms with van der Waals surface area (Å²) in [6, 6.07) is 11.8. The molecule has 1 aliphatic heterocycles. The van der Waals surface area contributed by atoms with Crippen molar-refractivity contribution in [2.24, 2.45) is 0 Å². The molecule has 0 atom stereocenters. The van der Waals surface area contributed by atoms with Gasteiger partial charge in [-0.3, -0.25) is 14.7 Å². The van der Waals surface area contributed by atoms with E-state index in [2.05, 4.69) is 15.2 Å². The Morgan fingerprint density at radius 1 is 1.15 bits per heavy atom. The Morgan fingerprint density at radius 2 is 1.94 bits per heavy atom. The van der Waals surface area contributed by atoms with Gasteiger partial charge in [0.25, 0.3) is 5.91 Å². The monoisotopic (exact) mass is 483 g/mol. The molecule has 0 saturated carbocycles. The van der Waals surface area contributed by atoms with Gasteiger partial charge >= 0.3 is 0 Å². The Morgan fingerprint density at radius 3 is 2.73 bits per heavy atom. The third-order valence-electron chi connectivity index (χ3n) is 5.86. The summed E-state index contributed by atoms with van der Waals surface area (Å²) in [5.41, 5.74) is 2.37. The molecule has 1 N–H and O–H groups in total. The van der Waals surface area contributed by atoms with E-state index in [1.165, 1.54) is 23.5 Å². The lowest BCUT2D eigenvalue weighted by molar-refractivity contribution is 0.0374. The van der Waals surface area contributed by atoms with Crippen LogP contribution in [0.1, 0.15) is 16.1 Å². The molecule has 1 aliphatic rings. The number of fused-ring (bicyclic) bond motifs is 3. The molecule has 3 heterocycles. The van der Waals surface area contributed by atoms with Gasteiger partial charge in [0, 0.05) is 51.9 Å². The van der Waals surface area contributed by atoms with Gasteiger partial charge < -0.3 is 10.1 Å². The standard InChI is InChI=1S/C25H23ClFN3O2S/c26-17-4-7-21-19(14-17)23-20(15-29-21)22(16-2-5-18(27)6-3-16)24(33-23)25(31)28-8-1-9-30-10-12-32-13-11-30/h2-7,14-15H,1,8-13H2,(H,28,31). The van der Waals surface area contributed by atoms with Crippen LogP contribution < -0.4 is 5.32 Å². The summed E-state index contributed by atoms with van der Waals surface area (Å²) in [5.74, 6) is -0.449. The molecule has 0 bridgehead atoms. The zero-order valence-electron chi connectivity index (χ0n) is 17.9. The van der Waals surface area contributed by atoms with Crippen LogP contribution in [0, 0.1) is 5.82 Å². The number of hydrogen-bond acceptors (Lipinski definition) is 5. The zero-order valence-corrected chi connectivity index (χ0v) is 19.5. The molecule has 5 nitrogen and oxygen atoms in total. The topological polar surface area (TPSA) is 54.5 Å². The first-order valence-electron chi connectivity index (χ1n) is 10.9. The van der Waals surface area contributed by atoms with Gasteiger partial charge in [0.2, 0.25) is 0 Å². The van der Waals surface area contributed by atoms with Crippen molar-refractivity contribution in [1.82, 2.24) is 15.2 Å². The maximum absolute atomic E-state index is 13.6. The fraction of sp³-hybridized carbons (Fsp3) is 0.280. The number of ether oxygens (including phenoxy) is 1. The Labute approximate surface area is 200 Å². The van der Waals surface area contributed by atoms with Crippen LogP contribution in [-0.4, -0.2) is 55.2 Å². The predicted octanol–water partition coefficient (Wildman–Crippen LogP) is 5.36. The highest BCUT2D eigenvalue weighted by Crippen LogP contribution is 2.42. The molecule has 0 spiro atoms. The number of halogens is 2. The molecule has 2 aromatic carbocycles. The van der Waals surface area contributed by atoms with E-state index in [1.807, 2.05) is 12.1 Å². The van der Waals surface area contributed by atoms with Gasteiger partial charge in [0.05, 0.1) is 18.7 Å². The molecule has 1 amide bonds. The molecule has 0 aliphatic carbocycles. The van der Waals surface area contributed by atoms with E-state index in [0.29, 0.717) is 16.4 Å². The molecule has 1 saturated heterocycles. The number of thiophene rings is 1. The summed E-state index contributed by atoms with van der Waals surface area (Å²) in [6.45, 7) is 4.90. The molecular formula is C25H23ClFN3O2S. The molecule has 2 aromatic heterocycles. The summed E-state index contributed by atoms with van der Waals surface area (Å²) >= 11 is 7.68. The van der Waals surface area contributed by atoms with Gasteiger partial charge in [0.15, 0.2) is 0 Å². The van der Waals surface area contributed by atoms with Crippen LogP contribution in [-0.2, 0) is 4.74 Å². The Kier molecular flexibility index (Phi) is 6.55. The number of nitrogens with zero attached hydrogens (tertiary/aromatic N) is 2. The highest BCUT2D eigenvalue weighted by molar-refractivity contribution is 7.22. The smallest absolute Gasteiger partial charge is 0.262 e. The lowest BCUT2D eigenvalue weighted by Crippen LogP contribution is -2.38. The Bertz CT molecular complexity index is 1300. The molecule has 33 heavy (non-hydrogen) atoms. The molecule has 0 radical (unpaired) electrons. The molecule has 170 valence electrons. The number of carbonyl (C=O) groups excluding carboxylic acids is 1. The van der Waals surface area contributed by atoms with Crippen molar-refractivity contribution >= 4 is 49.8 Å². The van der Waals surface area contributed by atoms with Crippen LogP contribution in [0.3, 0.4) is 0 Å². The van der Waals surface area contributed by atoms with E-state index < -0.39 is 0 Å². The summed E-state index contributed by atoms with van der Waals surface area (Å²) < 4.78 is 19.9. The van der Waals surface area contributed by atoms with Crippen molar-refractivity contribution in [1.29, 1.82) is 0 Å². The highest BCUT2D eigenvalue weighted by atomic mass is 35.5. The summed E-state index contributed by atoms with van der Waals surface area (Å²) in [7, 11) is 0. The quantitative estimate of drug-likeness (QED) is 0.375. The molecule has 8 heteroatoms. The van der Waals surface area contributed by atoms with Crippen LogP contribution >= 0.6 is 22.9 Å². The molecule has 5 rings (SSSR count). The number of nitrogens with one attached hydrogen (secondary N) is 1. The largest absolute Gasteiger partial charge is 0.379 e. The van der Waals surface area contributed by atoms with Gasteiger partial charge in [0.1, 0.15) is 10.7 Å². The Hall–Kier alpha value is -2.58. The Balaban J connectivity index is 1.47. The van der Waals surface area contributed by atoms with Crippen LogP contribution in [0.5, 0.6) is 0 Å². The van der Waals surface area contributed by atoms with Crippen molar-refractivity contribution in [3.05, 3.63) is 64.4 Å². The summed E-state index contributed by atoms with van der Waals surface area (Å²) in [5, 5.41) is 5.45. The lowest BCUT2D eigenvalue weighted by Gasteiger charge is -2.26. The van der Waals surface area contributed by atoms with E-state index >= 15 is 0 Å². The number of carbonyl (C=O) groups is 1. The third kappa shape index (κ3) is 4.73. The van der Waals surface area contributed by atoms with Gasteiger partial charge in [-0.25, -0.2) is 4.39 Å². The number of morpholine rings is 1. The van der Waals surface area contributed by atoms with Crippen LogP contribution in [0.4, 0.5) is 4.39 Å². The predicted molar refractivity (Wildman–Crippen MR) is 132 cm³/mol. The second kappa shape index (κ2) is 9.73. The second-order valence-electron chi connectivity index (χ2n) is 8.04. The average Bonchev–Trinajstić information content (AvgIpc) is 3.23. The maximum atomic E-state index is 13.6. The third-order valence-corrected chi connectivity index (χ3v) is 7.33. The SMILES string of the molecule is O=C(NCCCN1CCOCC1)c1sc2c(cnc3ccc(Cl)cc32)c1-c1ccc(F)cc1. The number of pyridine rings is 1. The zero-order chi connectivity index (χ0) is 22.8. The van der Waals surface area contributed by atoms with Crippen LogP contribution in [0.15, 0.2) is 48.7 Å². The van der Waals surface area contributed by atoms with Gasteiger partial charge in [-0.05, 0) is 48.9 Å². The van der Waals surface area contributed by atoms with Gasteiger partial charge in [-0.1, -0.05) is 23.7 Å². The van der Waals surface area contributed by atoms with Crippen molar-refractivity contribution in [2.45, 2.75) is 6.42 Å². The molecule has 1 fully saturated rings. The average molecular weight is 484 g/mol. The normalized spacial score (nSPS) is 14.7. The summed E-state index contributed by atoms with van der Waals surface area (Å²) in [6.07, 6.45) is 2.65. The van der Waals surface area contributed by atoms with Crippen molar-refractivity contribution in [3.63, 3.8) is 0 Å². The maximum Gasteiger partial charge on any atom is 0.262 e. The summed E-state index contributed by atoms with van der Waals surface area (Å²) in [4.78, 5) is 20.8. The lowest BCUT2D eigenvalue weighted by atomic mass is 10.0. The van der Waals surface area contributed by atoms with E-state index in [1.54, 1.807) is 24.4 Å². The number of hydrogen-bond donors (Lipinski definition) is 1. The van der Waals surface area contributed by atoms with Crippen molar-refractivity contribution < 1.29 is 13.9 Å². The van der Waals surface area contributed by atoms with E-state index in [9.17, 15) is 9.18 Å². The first kappa shape index (κ1) is 22.2.